The molecule has 0 aromatic rings. The zero-order chi connectivity index (χ0) is 12.5. The molecule has 0 saturated carbocycles. The number of nitrogens with zero attached hydrogens (tertiary/aromatic N) is 1. The number of likely N-dealkylation sites (tertiary alicyclic amines) is 1. The van der Waals surface area contributed by atoms with Gasteiger partial charge in [-0.2, -0.15) is 0 Å². The fourth-order valence-electron chi connectivity index (χ4n) is 2.75. The Bertz CT molecular complexity index is 202. The van der Waals surface area contributed by atoms with E-state index in [0.717, 1.165) is 5.92 Å². The lowest BCUT2D eigenvalue weighted by molar-refractivity contribution is 0.217. The Morgan fingerprint density at radius 2 is 1.71 bits per heavy atom. The molecule has 100 valence electrons. The fraction of sp³-hybridized carbons (Fsp3) is 0.875. The zero-order valence-corrected chi connectivity index (χ0v) is 12.0. The van der Waals surface area contributed by atoms with Gasteiger partial charge in [0.05, 0.1) is 0 Å². The molecule has 0 spiro atoms. The molecule has 0 amide bonds. The summed E-state index contributed by atoms with van der Waals surface area (Å²) in [5.74, 6) is 0.976. The molecule has 1 rings (SSSR count). The second-order valence-corrected chi connectivity index (χ2v) is 5.57. The van der Waals surface area contributed by atoms with Gasteiger partial charge >= 0.3 is 0 Å². The van der Waals surface area contributed by atoms with E-state index < -0.39 is 0 Å². The predicted octanol–water partition coefficient (Wildman–Crippen LogP) is 4.98. The third kappa shape index (κ3) is 5.61. The molecule has 1 saturated heterocycles. The quantitative estimate of drug-likeness (QED) is 0.538. The van der Waals surface area contributed by atoms with Gasteiger partial charge in [0.25, 0.3) is 0 Å². The molecule has 0 bridgehead atoms. The minimum Gasteiger partial charge on any atom is -0.375 e. The number of hydrogen-bond donors (Lipinski definition) is 0. The average molecular weight is 237 g/mol. The van der Waals surface area contributed by atoms with Gasteiger partial charge in [-0.3, -0.25) is 0 Å². The first-order valence-corrected chi connectivity index (χ1v) is 7.70. The molecule has 1 nitrogen and oxygen atoms in total. The van der Waals surface area contributed by atoms with Crippen molar-refractivity contribution in [3.05, 3.63) is 12.3 Å². The average Bonchev–Trinajstić information content (AvgIpc) is 2.38. The number of piperidine rings is 1. The molecule has 17 heavy (non-hydrogen) atoms. The van der Waals surface area contributed by atoms with Crippen LogP contribution in [0.2, 0.25) is 0 Å². The minimum absolute atomic E-state index is 0.976. The molecule has 1 fully saturated rings. The van der Waals surface area contributed by atoms with Crippen LogP contribution >= 0.6 is 0 Å². The second-order valence-electron chi connectivity index (χ2n) is 5.57. The van der Waals surface area contributed by atoms with Gasteiger partial charge in [-0.05, 0) is 31.6 Å². The van der Waals surface area contributed by atoms with Crippen LogP contribution in [0.5, 0.6) is 0 Å². The topological polar surface area (TPSA) is 3.24 Å². The van der Waals surface area contributed by atoms with Gasteiger partial charge in [0.2, 0.25) is 0 Å². The summed E-state index contributed by atoms with van der Waals surface area (Å²) in [6.07, 6.45) is 12.2. The number of unbranched alkanes of at least 4 members (excludes halogenated alkanes) is 4. The molecule has 0 atom stereocenters. The Balaban J connectivity index is 2.08. The van der Waals surface area contributed by atoms with Crippen molar-refractivity contribution in [1.29, 1.82) is 0 Å². The normalized spacial score (nSPS) is 17.4. The highest BCUT2D eigenvalue weighted by molar-refractivity contribution is 4.95. The van der Waals surface area contributed by atoms with Crippen molar-refractivity contribution in [3.63, 3.8) is 0 Å². The first kappa shape index (κ1) is 14.6. The summed E-state index contributed by atoms with van der Waals surface area (Å²) in [6.45, 7) is 11.4. The maximum Gasteiger partial charge on any atom is 0.0177 e. The van der Waals surface area contributed by atoms with Gasteiger partial charge in [0.15, 0.2) is 0 Å². The molecule has 0 unspecified atom stereocenters. The molecular formula is C16H31N. The van der Waals surface area contributed by atoms with Crippen molar-refractivity contribution in [3.8, 4) is 0 Å². The van der Waals surface area contributed by atoms with Crippen molar-refractivity contribution in [2.45, 2.75) is 71.6 Å². The summed E-state index contributed by atoms with van der Waals surface area (Å²) in [4.78, 5) is 2.53. The molecule has 0 radical (unpaired) electrons. The van der Waals surface area contributed by atoms with Crippen LogP contribution in [-0.4, -0.2) is 18.0 Å². The van der Waals surface area contributed by atoms with E-state index >= 15 is 0 Å². The van der Waals surface area contributed by atoms with Crippen LogP contribution in [-0.2, 0) is 0 Å². The minimum atomic E-state index is 0.976. The van der Waals surface area contributed by atoms with Gasteiger partial charge in [0.1, 0.15) is 0 Å². The molecule has 1 heterocycles. The second kappa shape index (κ2) is 8.60. The van der Waals surface area contributed by atoms with Crippen molar-refractivity contribution in [1.82, 2.24) is 4.90 Å². The van der Waals surface area contributed by atoms with Crippen LogP contribution < -0.4 is 0 Å². The maximum atomic E-state index is 4.27. The number of rotatable bonds is 8. The molecule has 1 heteroatoms. The standard InChI is InChI=1S/C16H31N/c1-4-6-7-8-9-10-15(3)17-13-11-16(5-2)12-14-17/h16H,3-14H2,1-2H3. The number of allylic oxidation sites excluding steroid dienone is 1. The van der Waals surface area contributed by atoms with Crippen LogP contribution in [0.4, 0.5) is 0 Å². The highest BCUT2D eigenvalue weighted by atomic mass is 15.1. The summed E-state index contributed by atoms with van der Waals surface area (Å²) >= 11 is 0. The first-order chi connectivity index (χ1) is 8.27. The van der Waals surface area contributed by atoms with Crippen LogP contribution in [0.3, 0.4) is 0 Å². The van der Waals surface area contributed by atoms with Gasteiger partial charge in [-0.15, -0.1) is 0 Å². The molecular weight excluding hydrogens is 206 g/mol. The van der Waals surface area contributed by atoms with E-state index in [1.807, 2.05) is 0 Å². The Morgan fingerprint density at radius 3 is 2.29 bits per heavy atom. The molecule has 1 aliphatic rings. The van der Waals surface area contributed by atoms with Crippen molar-refractivity contribution in [2.24, 2.45) is 5.92 Å². The third-order valence-corrected chi connectivity index (χ3v) is 4.21. The van der Waals surface area contributed by atoms with E-state index in [0.29, 0.717) is 0 Å². The van der Waals surface area contributed by atoms with E-state index in [-0.39, 0.29) is 0 Å². The smallest absolute Gasteiger partial charge is 0.0177 e. The summed E-state index contributed by atoms with van der Waals surface area (Å²) in [5.41, 5.74) is 1.40. The van der Waals surface area contributed by atoms with E-state index in [4.69, 9.17) is 0 Å². The SMILES string of the molecule is C=C(CCCCCCC)N1CCC(CC)CC1. The lowest BCUT2D eigenvalue weighted by Crippen LogP contribution is -2.32. The van der Waals surface area contributed by atoms with E-state index in [1.54, 1.807) is 0 Å². The van der Waals surface area contributed by atoms with Gasteiger partial charge in [0, 0.05) is 18.8 Å². The summed E-state index contributed by atoms with van der Waals surface area (Å²) in [6, 6.07) is 0. The molecule has 0 aromatic heterocycles. The van der Waals surface area contributed by atoms with Gasteiger partial charge < -0.3 is 4.90 Å². The Morgan fingerprint density at radius 1 is 1.06 bits per heavy atom. The van der Waals surface area contributed by atoms with E-state index in [9.17, 15) is 0 Å². The Hall–Kier alpha value is -0.460. The van der Waals surface area contributed by atoms with Crippen molar-refractivity contribution < 1.29 is 0 Å². The lowest BCUT2D eigenvalue weighted by Gasteiger charge is -2.34. The van der Waals surface area contributed by atoms with Gasteiger partial charge in [-0.25, -0.2) is 0 Å². The Labute approximate surface area is 108 Å². The van der Waals surface area contributed by atoms with Gasteiger partial charge in [-0.1, -0.05) is 52.5 Å². The summed E-state index contributed by atoms with van der Waals surface area (Å²) < 4.78 is 0. The summed E-state index contributed by atoms with van der Waals surface area (Å²) in [5, 5.41) is 0. The highest BCUT2D eigenvalue weighted by Gasteiger charge is 2.18. The monoisotopic (exact) mass is 237 g/mol. The largest absolute Gasteiger partial charge is 0.375 e. The maximum absolute atomic E-state index is 4.27. The van der Waals surface area contributed by atoms with Crippen LogP contribution in [0.15, 0.2) is 12.3 Å². The Kier molecular flexibility index (Phi) is 7.39. The molecule has 1 aliphatic heterocycles. The van der Waals surface area contributed by atoms with Crippen molar-refractivity contribution in [2.75, 3.05) is 13.1 Å². The molecule has 0 N–H and O–H groups in total. The van der Waals surface area contributed by atoms with Crippen molar-refractivity contribution >= 4 is 0 Å². The van der Waals surface area contributed by atoms with Crippen LogP contribution in [0.1, 0.15) is 71.6 Å². The first-order valence-electron chi connectivity index (χ1n) is 7.70. The predicted molar refractivity (Wildman–Crippen MR) is 77.1 cm³/mol. The van der Waals surface area contributed by atoms with Crippen LogP contribution in [0.25, 0.3) is 0 Å². The summed E-state index contributed by atoms with van der Waals surface area (Å²) in [7, 11) is 0. The van der Waals surface area contributed by atoms with Crippen LogP contribution in [0, 0.1) is 5.92 Å². The number of hydrogen-bond acceptors (Lipinski definition) is 1. The third-order valence-electron chi connectivity index (χ3n) is 4.21. The zero-order valence-electron chi connectivity index (χ0n) is 12.0. The molecule has 0 aromatic carbocycles. The van der Waals surface area contributed by atoms with E-state index in [1.165, 1.54) is 76.6 Å². The lowest BCUT2D eigenvalue weighted by atomic mass is 9.94. The highest BCUT2D eigenvalue weighted by Crippen LogP contribution is 2.24. The fourth-order valence-corrected chi connectivity index (χ4v) is 2.75. The molecule has 0 aliphatic carbocycles. The van der Waals surface area contributed by atoms with E-state index in [2.05, 4.69) is 25.3 Å².